The fourth-order valence-electron chi connectivity index (χ4n) is 2.66. The monoisotopic (exact) mass is 307 g/mol. The zero-order valence-corrected chi connectivity index (χ0v) is 13.0. The van der Waals surface area contributed by atoms with Gasteiger partial charge in [0.25, 0.3) is 5.91 Å². The van der Waals surface area contributed by atoms with Gasteiger partial charge in [0.2, 0.25) is 0 Å². The Kier molecular flexibility index (Phi) is 4.83. The standard InChI is InChI=1S/C16H21NO5/c1-16(2)10-17(8-13(22-16)9-21-3)14(18)11-4-6-12(7-5-11)15(19)20/h4-7,13H,8-10H2,1-3H3,(H,19,20). The van der Waals surface area contributed by atoms with Crippen molar-refractivity contribution in [2.24, 2.45) is 0 Å². The third-order valence-electron chi connectivity index (χ3n) is 3.50. The average Bonchev–Trinajstić information content (AvgIpc) is 2.45. The third kappa shape index (κ3) is 3.84. The van der Waals surface area contributed by atoms with E-state index in [4.69, 9.17) is 14.6 Å². The summed E-state index contributed by atoms with van der Waals surface area (Å²) >= 11 is 0. The third-order valence-corrected chi connectivity index (χ3v) is 3.50. The number of hydrogen-bond acceptors (Lipinski definition) is 4. The highest BCUT2D eigenvalue weighted by atomic mass is 16.5. The number of methoxy groups -OCH3 is 1. The molecule has 1 unspecified atom stereocenters. The van der Waals surface area contributed by atoms with Gasteiger partial charge in [-0.25, -0.2) is 4.79 Å². The molecule has 6 heteroatoms. The van der Waals surface area contributed by atoms with Gasteiger partial charge in [0.05, 0.1) is 23.9 Å². The van der Waals surface area contributed by atoms with Gasteiger partial charge < -0.3 is 19.5 Å². The van der Waals surface area contributed by atoms with Gasteiger partial charge >= 0.3 is 5.97 Å². The highest BCUT2D eigenvalue weighted by molar-refractivity contribution is 5.96. The first-order valence-electron chi connectivity index (χ1n) is 7.12. The van der Waals surface area contributed by atoms with Crippen LogP contribution in [0, 0.1) is 0 Å². The first-order chi connectivity index (χ1) is 10.3. The van der Waals surface area contributed by atoms with Gasteiger partial charge in [-0.15, -0.1) is 0 Å². The number of ether oxygens (including phenoxy) is 2. The molecule has 1 heterocycles. The molecule has 1 fully saturated rings. The van der Waals surface area contributed by atoms with Crippen LogP contribution >= 0.6 is 0 Å². The summed E-state index contributed by atoms with van der Waals surface area (Å²) in [6.07, 6.45) is -0.170. The topological polar surface area (TPSA) is 76.1 Å². The Morgan fingerprint density at radius 1 is 1.32 bits per heavy atom. The molecule has 2 rings (SSSR count). The molecule has 0 bridgehead atoms. The number of amides is 1. The molecule has 0 saturated carbocycles. The molecule has 120 valence electrons. The molecule has 22 heavy (non-hydrogen) atoms. The lowest BCUT2D eigenvalue weighted by atomic mass is 10.0. The Hall–Kier alpha value is -1.92. The van der Waals surface area contributed by atoms with E-state index in [9.17, 15) is 9.59 Å². The first-order valence-corrected chi connectivity index (χ1v) is 7.12. The quantitative estimate of drug-likeness (QED) is 0.915. The normalized spacial score (nSPS) is 20.7. The van der Waals surface area contributed by atoms with Crippen LogP contribution in [-0.2, 0) is 9.47 Å². The second-order valence-electron chi connectivity index (χ2n) is 6.02. The Bertz CT molecular complexity index is 552. The Balaban J connectivity index is 2.14. The van der Waals surface area contributed by atoms with E-state index in [2.05, 4.69) is 0 Å². The number of carboxylic acid groups (broad SMARTS) is 1. The van der Waals surface area contributed by atoms with Crippen LogP contribution in [0.3, 0.4) is 0 Å². The predicted octanol–water partition coefficient (Wildman–Crippen LogP) is 1.65. The first kappa shape index (κ1) is 16.5. The molecule has 1 aliphatic rings. The van der Waals surface area contributed by atoms with Crippen LogP contribution in [0.15, 0.2) is 24.3 Å². The summed E-state index contributed by atoms with van der Waals surface area (Å²) in [5, 5.41) is 8.90. The van der Waals surface area contributed by atoms with Crippen molar-refractivity contribution in [3.8, 4) is 0 Å². The van der Waals surface area contributed by atoms with Gasteiger partial charge in [-0.05, 0) is 38.1 Å². The van der Waals surface area contributed by atoms with E-state index in [1.165, 1.54) is 12.1 Å². The van der Waals surface area contributed by atoms with Crippen molar-refractivity contribution >= 4 is 11.9 Å². The number of morpholine rings is 1. The Morgan fingerprint density at radius 3 is 2.45 bits per heavy atom. The number of carbonyl (C=O) groups is 2. The summed E-state index contributed by atoms with van der Waals surface area (Å²) in [5.41, 5.74) is 0.188. The SMILES string of the molecule is COCC1CN(C(=O)c2ccc(C(=O)O)cc2)CC(C)(C)O1. The van der Waals surface area contributed by atoms with Gasteiger partial charge in [-0.3, -0.25) is 4.79 Å². The van der Waals surface area contributed by atoms with Crippen LogP contribution in [0.2, 0.25) is 0 Å². The molecule has 0 aromatic heterocycles. The van der Waals surface area contributed by atoms with E-state index in [0.29, 0.717) is 25.3 Å². The van der Waals surface area contributed by atoms with Gasteiger partial charge in [-0.1, -0.05) is 0 Å². The van der Waals surface area contributed by atoms with Crippen molar-refractivity contribution in [1.82, 2.24) is 4.90 Å². The number of nitrogens with zero attached hydrogens (tertiary/aromatic N) is 1. The molecule has 1 saturated heterocycles. The molecule has 1 aromatic carbocycles. The largest absolute Gasteiger partial charge is 0.478 e. The fraction of sp³-hybridized carbons (Fsp3) is 0.500. The summed E-state index contributed by atoms with van der Waals surface area (Å²) in [5.74, 6) is -1.14. The molecule has 0 spiro atoms. The molecular formula is C16H21NO5. The lowest BCUT2D eigenvalue weighted by Gasteiger charge is -2.42. The zero-order valence-electron chi connectivity index (χ0n) is 13.0. The fourth-order valence-corrected chi connectivity index (χ4v) is 2.66. The number of hydrogen-bond donors (Lipinski definition) is 1. The summed E-state index contributed by atoms with van der Waals surface area (Å²) in [4.78, 5) is 25.2. The van der Waals surface area contributed by atoms with E-state index >= 15 is 0 Å². The molecule has 1 aromatic rings. The smallest absolute Gasteiger partial charge is 0.335 e. The average molecular weight is 307 g/mol. The Labute approximate surface area is 129 Å². The molecule has 1 aliphatic heterocycles. The van der Waals surface area contributed by atoms with Crippen LogP contribution in [0.5, 0.6) is 0 Å². The van der Waals surface area contributed by atoms with Gasteiger partial charge in [0, 0.05) is 25.8 Å². The molecule has 0 aliphatic carbocycles. The van der Waals surface area contributed by atoms with Gasteiger partial charge in [-0.2, -0.15) is 0 Å². The maximum absolute atomic E-state index is 12.6. The van der Waals surface area contributed by atoms with Crippen LogP contribution in [-0.4, -0.2) is 60.4 Å². The molecule has 1 N–H and O–H groups in total. The van der Waals surface area contributed by atoms with E-state index in [-0.39, 0.29) is 17.6 Å². The Morgan fingerprint density at radius 2 is 1.91 bits per heavy atom. The number of carbonyl (C=O) groups excluding carboxylic acids is 1. The summed E-state index contributed by atoms with van der Waals surface area (Å²) in [6.45, 7) is 5.22. The highest BCUT2D eigenvalue weighted by Crippen LogP contribution is 2.23. The molecular weight excluding hydrogens is 286 g/mol. The minimum absolute atomic E-state index is 0.130. The summed E-state index contributed by atoms with van der Waals surface area (Å²) < 4.78 is 11.0. The number of benzene rings is 1. The second-order valence-corrected chi connectivity index (χ2v) is 6.02. The van der Waals surface area contributed by atoms with E-state index in [1.807, 2.05) is 13.8 Å². The lowest BCUT2D eigenvalue weighted by molar-refractivity contribution is -0.143. The van der Waals surface area contributed by atoms with Crippen LogP contribution < -0.4 is 0 Å². The number of aromatic carboxylic acids is 1. The number of rotatable bonds is 4. The maximum atomic E-state index is 12.6. The molecule has 0 radical (unpaired) electrons. The van der Waals surface area contributed by atoms with Crippen molar-refractivity contribution in [2.75, 3.05) is 26.8 Å². The molecule has 1 amide bonds. The van der Waals surface area contributed by atoms with E-state index < -0.39 is 11.6 Å². The molecule has 1 atom stereocenters. The van der Waals surface area contributed by atoms with Crippen molar-refractivity contribution in [3.63, 3.8) is 0 Å². The van der Waals surface area contributed by atoms with Crippen molar-refractivity contribution in [2.45, 2.75) is 25.6 Å². The van der Waals surface area contributed by atoms with Crippen LogP contribution in [0.1, 0.15) is 34.6 Å². The predicted molar refractivity (Wildman–Crippen MR) is 80.1 cm³/mol. The van der Waals surface area contributed by atoms with Crippen molar-refractivity contribution < 1.29 is 24.2 Å². The summed E-state index contributed by atoms with van der Waals surface area (Å²) in [6, 6.07) is 5.96. The van der Waals surface area contributed by atoms with E-state index in [1.54, 1.807) is 24.1 Å². The number of carboxylic acids is 1. The van der Waals surface area contributed by atoms with Gasteiger partial charge in [0.15, 0.2) is 0 Å². The maximum Gasteiger partial charge on any atom is 0.335 e. The second kappa shape index (κ2) is 6.46. The van der Waals surface area contributed by atoms with Gasteiger partial charge in [0.1, 0.15) is 0 Å². The van der Waals surface area contributed by atoms with Crippen LogP contribution in [0.4, 0.5) is 0 Å². The highest BCUT2D eigenvalue weighted by Gasteiger charge is 2.35. The lowest BCUT2D eigenvalue weighted by Crippen LogP contribution is -2.55. The van der Waals surface area contributed by atoms with Crippen molar-refractivity contribution in [3.05, 3.63) is 35.4 Å². The van der Waals surface area contributed by atoms with Crippen LogP contribution in [0.25, 0.3) is 0 Å². The van der Waals surface area contributed by atoms with E-state index in [0.717, 1.165) is 0 Å². The molecule has 6 nitrogen and oxygen atoms in total. The zero-order chi connectivity index (χ0) is 16.3. The minimum Gasteiger partial charge on any atom is -0.478 e. The van der Waals surface area contributed by atoms with Crippen molar-refractivity contribution in [1.29, 1.82) is 0 Å². The summed E-state index contributed by atoms with van der Waals surface area (Å²) in [7, 11) is 1.60. The minimum atomic E-state index is -1.01.